The highest BCUT2D eigenvalue weighted by Gasteiger charge is 2.35. The molecular weight excluding hydrogens is 542 g/mol. The zero-order valence-electron chi connectivity index (χ0n) is 24.5. The molecule has 1 N–H and O–H groups in total. The zero-order valence-corrected chi connectivity index (χ0v) is 25.3. The number of ether oxygens (including phenoxy) is 2. The van der Waals surface area contributed by atoms with E-state index in [0.717, 1.165) is 15.4 Å². The number of amides is 2. The van der Waals surface area contributed by atoms with Crippen molar-refractivity contribution in [2.24, 2.45) is 0 Å². The first kappa shape index (κ1) is 31.5. The fourth-order valence-electron chi connectivity index (χ4n) is 4.50. The van der Waals surface area contributed by atoms with Crippen LogP contribution in [0.15, 0.2) is 77.7 Å². The fourth-order valence-corrected chi connectivity index (χ4v) is 5.93. The number of carbonyl (C=O) groups is 2. The zero-order chi connectivity index (χ0) is 30.2. The summed E-state index contributed by atoms with van der Waals surface area (Å²) in [5.41, 5.74) is 1.75. The lowest BCUT2D eigenvalue weighted by atomic mass is 10.1. The number of anilines is 1. The van der Waals surface area contributed by atoms with Crippen LogP contribution in [0, 0.1) is 6.92 Å². The summed E-state index contributed by atoms with van der Waals surface area (Å²) < 4.78 is 40.0. The quantitative estimate of drug-likeness (QED) is 0.318. The van der Waals surface area contributed by atoms with Gasteiger partial charge >= 0.3 is 0 Å². The molecule has 9 nitrogen and oxygen atoms in total. The van der Waals surface area contributed by atoms with E-state index in [1.54, 1.807) is 61.7 Å². The van der Waals surface area contributed by atoms with Crippen LogP contribution in [-0.4, -0.2) is 58.0 Å². The molecule has 3 aromatic rings. The summed E-state index contributed by atoms with van der Waals surface area (Å²) in [4.78, 5) is 28.9. The van der Waals surface area contributed by atoms with Crippen LogP contribution >= 0.6 is 0 Å². The van der Waals surface area contributed by atoms with Crippen LogP contribution in [0.25, 0.3) is 0 Å². The van der Waals surface area contributed by atoms with Crippen molar-refractivity contribution in [2.75, 3.05) is 25.1 Å². The van der Waals surface area contributed by atoms with Gasteiger partial charge in [0.2, 0.25) is 11.8 Å². The molecule has 0 spiro atoms. The Bertz CT molecular complexity index is 1440. The second-order valence-electron chi connectivity index (χ2n) is 9.96. The molecule has 0 aromatic heterocycles. The molecule has 3 rings (SSSR count). The Balaban J connectivity index is 2.13. The van der Waals surface area contributed by atoms with Crippen molar-refractivity contribution in [2.45, 2.75) is 57.6 Å². The molecule has 0 saturated heterocycles. The molecule has 0 fully saturated rings. The second-order valence-corrected chi connectivity index (χ2v) is 11.8. The smallest absolute Gasteiger partial charge is 0.264 e. The van der Waals surface area contributed by atoms with E-state index in [4.69, 9.17) is 9.47 Å². The molecular formula is C31H39N3O6S. The summed E-state index contributed by atoms with van der Waals surface area (Å²) in [6, 6.07) is 19.3. The van der Waals surface area contributed by atoms with E-state index in [1.165, 1.54) is 24.1 Å². The number of carbonyl (C=O) groups excluding carboxylic acids is 2. The maximum Gasteiger partial charge on any atom is 0.264 e. The average Bonchev–Trinajstić information content (AvgIpc) is 2.95. The average molecular weight is 582 g/mol. The Kier molecular flexibility index (Phi) is 10.8. The third kappa shape index (κ3) is 7.79. The number of aryl methyl sites for hydroxylation is 1. The van der Waals surface area contributed by atoms with Crippen LogP contribution in [0.1, 0.15) is 38.3 Å². The van der Waals surface area contributed by atoms with Crippen molar-refractivity contribution in [1.29, 1.82) is 0 Å². The first-order valence-corrected chi connectivity index (χ1v) is 14.9. The molecule has 0 saturated carbocycles. The van der Waals surface area contributed by atoms with E-state index < -0.39 is 28.5 Å². The molecule has 0 heterocycles. The molecule has 1 unspecified atom stereocenters. The summed E-state index contributed by atoms with van der Waals surface area (Å²) in [6.45, 7) is 6.86. The number of sulfonamides is 1. The molecule has 3 aromatic carbocycles. The van der Waals surface area contributed by atoms with Crippen molar-refractivity contribution < 1.29 is 27.5 Å². The van der Waals surface area contributed by atoms with E-state index in [0.29, 0.717) is 17.9 Å². The molecule has 41 heavy (non-hydrogen) atoms. The van der Waals surface area contributed by atoms with E-state index in [9.17, 15) is 18.0 Å². The second kappa shape index (κ2) is 14.0. The highest BCUT2D eigenvalue weighted by atomic mass is 32.2. The first-order chi connectivity index (χ1) is 19.5. The first-order valence-electron chi connectivity index (χ1n) is 13.5. The number of methoxy groups -OCH3 is 2. The lowest BCUT2D eigenvalue weighted by molar-refractivity contribution is -0.140. The lowest BCUT2D eigenvalue weighted by Crippen LogP contribution is -2.53. The number of benzene rings is 3. The number of hydrogen-bond acceptors (Lipinski definition) is 6. The molecule has 2 amide bonds. The van der Waals surface area contributed by atoms with E-state index in [2.05, 4.69) is 5.32 Å². The predicted octanol–water partition coefficient (Wildman–Crippen LogP) is 4.54. The molecule has 0 radical (unpaired) electrons. The molecule has 0 bridgehead atoms. The number of nitrogens with one attached hydrogen (secondary N) is 1. The third-order valence-electron chi connectivity index (χ3n) is 6.52. The van der Waals surface area contributed by atoms with Gasteiger partial charge in [-0.3, -0.25) is 13.9 Å². The summed E-state index contributed by atoms with van der Waals surface area (Å²) >= 11 is 0. The normalized spacial score (nSPS) is 12.0. The topological polar surface area (TPSA) is 105 Å². The molecule has 0 aliphatic carbocycles. The minimum absolute atomic E-state index is 0.0281. The van der Waals surface area contributed by atoms with Gasteiger partial charge < -0.3 is 19.7 Å². The molecule has 0 aliphatic heterocycles. The predicted molar refractivity (Wildman–Crippen MR) is 160 cm³/mol. The van der Waals surface area contributed by atoms with Gasteiger partial charge in [-0.05, 0) is 74.7 Å². The van der Waals surface area contributed by atoms with Gasteiger partial charge in [0.25, 0.3) is 10.0 Å². The Morgan fingerprint density at radius 3 is 2.24 bits per heavy atom. The highest BCUT2D eigenvalue weighted by Crippen LogP contribution is 2.34. The fraction of sp³-hybridized carbons (Fsp3) is 0.355. The van der Waals surface area contributed by atoms with Gasteiger partial charge in [0.05, 0.1) is 24.8 Å². The number of rotatable bonds is 13. The molecule has 10 heteroatoms. The Morgan fingerprint density at radius 2 is 1.63 bits per heavy atom. The molecule has 1 atom stereocenters. The van der Waals surface area contributed by atoms with Crippen LogP contribution in [0.3, 0.4) is 0 Å². The largest absolute Gasteiger partial charge is 0.497 e. The van der Waals surface area contributed by atoms with Gasteiger partial charge in [0, 0.05) is 12.6 Å². The van der Waals surface area contributed by atoms with Gasteiger partial charge in [0.15, 0.2) is 0 Å². The van der Waals surface area contributed by atoms with Crippen molar-refractivity contribution in [3.63, 3.8) is 0 Å². The highest BCUT2D eigenvalue weighted by molar-refractivity contribution is 7.92. The molecule has 0 aliphatic rings. The van der Waals surface area contributed by atoms with E-state index in [-0.39, 0.29) is 29.1 Å². The summed E-state index contributed by atoms with van der Waals surface area (Å²) in [6.07, 6.45) is 0.327. The number of hydrogen-bond donors (Lipinski definition) is 1. The van der Waals surface area contributed by atoms with Gasteiger partial charge in [-0.1, -0.05) is 43.3 Å². The summed E-state index contributed by atoms with van der Waals surface area (Å²) in [7, 11) is -1.21. The van der Waals surface area contributed by atoms with E-state index >= 15 is 0 Å². The Hall–Kier alpha value is -4.05. The van der Waals surface area contributed by atoms with Crippen molar-refractivity contribution in [3.8, 4) is 11.5 Å². The Labute approximate surface area is 243 Å². The monoisotopic (exact) mass is 581 g/mol. The van der Waals surface area contributed by atoms with Crippen LogP contribution in [0.5, 0.6) is 11.5 Å². The maximum atomic E-state index is 14.2. The maximum absolute atomic E-state index is 14.2. The SMILES string of the molecule is CCC(C(=O)NC(C)C)N(Cc1cccc(OC)c1)C(=O)CN(c1cc(C)ccc1OC)S(=O)(=O)c1ccccc1. The summed E-state index contributed by atoms with van der Waals surface area (Å²) in [5, 5.41) is 2.89. The number of nitrogens with zero attached hydrogens (tertiary/aromatic N) is 2. The van der Waals surface area contributed by atoms with Crippen molar-refractivity contribution >= 4 is 27.5 Å². The van der Waals surface area contributed by atoms with Crippen LogP contribution in [0.4, 0.5) is 5.69 Å². The van der Waals surface area contributed by atoms with E-state index in [1.807, 2.05) is 33.8 Å². The van der Waals surface area contributed by atoms with Crippen LogP contribution in [-0.2, 0) is 26.2 Å². The van der Waals surface area contributed by atoms with Crippen LogP contribution < -0.4 is 19.1 Å². The minimum atomic E-state index is -4.20. The van der Waals surface area contributed by atoms with Gasteiger partial charge in [0.1, 0.15) is 24.1 Å². The van der Waals surface area contributed by atoms with Crippen molar-refractivity contribution in [1.82, 2.24) is 10.2 Å². The van der Waals surface area contributed by atoms with Gasteiger partial charge in [-0.15, -0.1) is 0 Å². The van der Waals surface area contributed by atoms with Gasteiger partial charge in [-0.2, -0.15) is 0 Å². The van der Waals surface area contributed by atoms with Crippen molar-refractivity contribution in [3.05, 3.63) is 83.9 Å². The molecule has 220 valence electrons. The third-order valence-corrected chi connectivity index (χ3v) is 8.29. The van der Waals surface area contributed by atoms with Crippen LogP contribution in [0.2, 0.25) is 0 Å². The Morgan fingerprint density at radius 1 is 0.927 bits per heavy atom. The van der Waals surface area contributed by atoms with Gasteiger partial charge in [-0.25, -0.2) is 8.42 Å². The standard InChI is InChI=1S/C31H39N3O6S/c1-7-27(31(36)32-22(2)3)33(20-24-12-11-13-25(19-24)39-5)30(35)21-34(28-18-23(4)16-17-29(28)40-6)41(37,38)26-14-9-8-10-15-26/h8-19,22,27H,7,20-21H2,1-6H3,(H,32,36). The lowest BCUT2D eigenvalue weighted by Gasteiger charge is -2.34. The summed E-state index contributed by atoms with van der Waals surface area (Å²) in [5.74, 6) is 0.0465. The minimum Gasteiger partial charge on any atom is -0.497 e.